The highest BCUT2D eigenvalue weighted by atomic mass is 16.5. The van der Waals surface area contributed by atoms with Crippen molar-refractivity contribution in [2.24, 2.45) is 7.05 Å². The van der Waals surface area contributed by atoms with Crippen molar-refractivity contribution in [3.63, 3.8) is 0 Å². The first-order valence-electron chi connectivity index (χ1n) is 6.59. The monoisotopic (exact) mass is 258 g/mol. The van der Waals surface area contributed by atoms with E-state index >= 15 is 0 Å². The van der Waals surface area contributed by atoms with E-state index in [0.717, 1.165) is 17.5 Å². The molecule has 100 valence electrons. The van der Waals surface area contributed by atoms with Crippen LogP contribution in [0.5, 0.6) is 0 Å². The molecule has 19 heavy (non-hydrogen) atoms. The maximum absolute atomic E-state index is 11.2. The molecule has 0 amide bonds. The summed E-state index contributed by atoms with van der Waals surface area (Å²) in [6, 6.07) is 6.39. The Morgan fingerprint density at radius 1 is 1.47 bits per heavy atom. The van der Waals surface area contributed by atoms with Gasteiger partial charge in [-0.15, -0.1) is 0 Å². The minimum absolute atomic E-state index is 0.0113. The van der Waals surface area contributed by atoms with Crippen LogP contribution in [0.2, 0.25) is 0 Å². The maximum Gasteiger partial charge on any atom is 0.129 e. The number of imidazole rings is 1. The van der Waals surface area contributed by atoms with E-state index in [4.69, 9.17) is 4.74 Å². The first-order valence-corrected chi connectivity index (χ1v) is 6.59. The SMILES string of the molecule is CC(=O)CCC1(c2ccc3c(c2)ncn3C)COC1. The Morgan fingerprint density at radius 3 is 2.89 bits per heavy atom. The Morgan fingerprint density at radius 2 is 2.26 bits per heavy atom. The number of ketones is 1. The molecule has 0 bridgehead atoms. The summed E-state index contributed by atoms with van der Waals surface area (Å²) < 4.78 is 7.42. The molecule has 1 aromatic heterocycles. The van der Waals surface area contributed by atoms with Crippen molar-refractivity contribution in [1.29, 1.82) is 0 Å². The first-order chi connectivity index (χ1) is 9.11. The number of aryl methyl sites for hydroxylation is 1. The van der Waals surface area contributed by atoms with Gasteiger partial charge in [-0.05, 0) is 31.0 Å². The van der Waals surface area contributed by atoms with Crippen LogP contribution in [-0.2, 0) is 22.0 Å². The Kier molecular flexibility index (Phi) is 2.90. The molecule has 0 saturated carbocycles. The summed E-state index contributed by atoms with van der Waals surface area (Å²) in [5.74, 6) is 0.241. The van der Waals surface area contributed by atoms with E-state index < -0.39 is 0 Å². The zero-order valence-electron chi connectivity index (χ0n) is 11.3. The van der Waals surface area contributed by atoms with E-state index in [2.05, 4.69) is 23.2 Å². The molecule has 0 radical (unpaired) electrons. The van der Waals surface area contributed by atoms with Gasteiger partial charge < -0.3 is 14.1 Å². The summed E-state index contributed by atoms with van der Waals surface area (Å²) in [5, 5.41) is 0. The average Bonchev–Trinajstić information content (AvgIpc) is 2.69. The van der Waals surface area contributed by atoms with Crippen molar-refractivity contribution in [1.82, 2.24) is 9.55 Å². The molecule has 4 heteroatoms. The third kappa shape index (κ3) is 2.06. The second-order valence-electron chi connectivity index (χ2n) is 5.53. The Hall–Kier alpha value is -1.68. The fourth-order valence-electron chi connectivity index (χ4n) is 2.69. The second-order valence-corrected chi connectivity index (χ2v) is 5.53. The highest BCUT2D eigenvalue weighted by molar-refractivity contribution is 5.77. The quantitative estimate of drug-likeness (QED) is 0.844. The van der Waals surface area contributed by atoms with Crippen molar-refractivity contribution < 1.29 is 9.53 Å². The lowest BCUT2D eigenvalue weighted by atomic mass is 9.74. The molecule has 1 saturated heterocycles. The highest BCUT2D eigenvalue weighted by Gasteiger charge is 2.40. The summed E-state index contributed by atoms with van der Waals surface area (Å²) in [6.07, 6.45) is 3.30. The number of ether oxygens (including phenoxy) is 1. The van der Waals surface area contributed by atoms with Crippen molar-refractivity contribution >= 4 is 16.8 Å². The molecule has 1 aromatic carbocycles. The van der Waals surface area contributed by atoms with Gasteiger partial charge in [0.2, 0.25) is 0 Å². The van der Waals surface area contributed by atoms with Crippen LogP contribution in [0.25, 0.3) is 11.0 Å². The molecule has 3 rings (SSSR count). The predicted molar refractivity (Wildman–Crippen MR) is 73.1 cm³/mol. The van der Waals surface area contributed by atoms with Gasteiger partial charge in [-0.3, -0.25) is 0 Å². The molecule has 2 aromatic rings. The van der Waals surface area contributed by atoms with Crippen LogP contribution in [0.3, 0.4) is 0 Å². The number of benzene rings is 1. The summed E-state index contributed by atoms with van der Waals surface area (Å²) in [7, 11) is 1.99. The molecule has 1 aliphatic heterocycles. The van der Waals surface area contributed by atoms with Crippen LogP contribution in [-0.4, -0.2) is 28.5 Å². The molecule has 0 atom stereocenters. The first kappa shape index (κ1) is 12.4. The number of Topliss-reactive ketones (excluding diaryl/α,β-unsaturated/α-hetero) is 1. The summed E-state index contributed by atoms with van der Waals surface area (Å²) in [6.45, 7) is 3.06. The largest absolute Gasteiger partial charge is 0.379 e. The minimum atomic E-state index is 0.0113. The summed E-state index contributed by atoms with van der Waals surface area (Å²) in [5.41, 5.74) is 3.39. The molecule has 0 spiro atoms. The lowest BCUT2D eigenvalue weighted by Gasteiger charge is -2.42. The smallest absolute Gasteiger partial charge is 0.129 e. The van der Waals surface area contributed by atoms with Gasteiger partial charge in [0.25, 0.3) is 0 Å². The normalized spacial score (nSPS) is 17.4. The fourth-order valence-corrected chi connectivity index (χ4v) is 2.69. The highest BCUT2D eigenvalue weighted by Crippen LogP contribution is 2.37. The molecule has 1 aliphatic rings. The van der Waals surface area contributed by atoms with Gasteiger partial charge in [-0.25, -0.2) is 4.98 Å². The molecule has 0 N–H and O–H groups in total. The lowest BCUT2D eigenvalue weighted by molar-refractivity contribution is -0.119. The lowest BCUT2D eigenvalue weighted by Crippen LogP contribution is -2.46. The zero-order chi connectivity index (χ0) is 13.5. The Balaban J connectivity index is 1.94. The molecule has 0 aliphatic carbocycles. The summed E-state index contributed by atoms with van der Waals surface area (Å²) in [4.78, 5) is 15.6. The molecular formula is C15H18N2O2. The van der Waals surface area contributed by atoms with Crippen LogP contribution in [0.1, 0.15) is 25.3 Å². The van der Waals surface area contributed by atoms with Gasteiger partial charge >= 0.3 is 0 Å². The second kappa shape index (κ2) is 4.46. The van der Waals surface area contributed by atoms with Gasteiger partial charge in [-0.2, -0.15) is 0 Å². The van der Waals surface area contributed by atoms with Crippen molar-refractivity contribution in [3.05, 3.63) is 30.1 Å². The van der Waals surface area contributed by atoms with Crippen molar-refractivity contribution in [2.75, 3.05) is 13.2 Å². The van der Waals surface area contributed by atoms with Gasteiger partial charge in [-0.1, -0.05) is 6.07 Å². The number of aromatic nitrogens is 2. The number of hydrogen-bond acceptors (Lipinski definition) is 3. The van der Waals surface area contributed by atoms with E-state index in [1.165, 1.54) is 5.56 Å². The summed E-state index contributed by atoms with van der Waals surface area (Å²) >= 11 is 0. The number of fused-ring (bicyclic) bond motifs is 1. The Bertz CT molecular complexity index is 626. The van der Waals surface area contributed by atoms with E-state index in [-0.39, 0.29) is 11.2 Å². The maximum atomic E-state index is 11.2. The molecular weight excluding hydrogens is 240 g/mol. The van der Waals surface area contributed by atoms with E-state index in [1.54, 1.807) is 6.92 Å². The van der Waals surface area contributed by atoms with Gasteiger partial charge in [0.1, 0.15) is 5.78 Å². The van der Waals surface area contributed by atoms with Gasteiger partial charge in [0.15, 0.2) is 0 Å². The third-order valence-electron chi connectivity index (χ3n) is 4.05. The molecule has 4 nitrogen and oxygen atoms in total. The number of rotatable bonds is 4. The Labute approximate surface area is 112 Å². The van der Waals surface area contributed by atoms with E-state index in [1.807, 2.05) is 17.9 Å². The minimum Gasteiger partial charge on any atom is -0.379 e. The number of carbonyl (C=O) groups excluding carboxylic acids is 1. The fraction of sp³-hybridized carbons (Fsp3) is 0.467. The standard InChI is InChI=1S/C15H18N2O2/c1-11(18)5-6-15(8-19-9-15)12-3-4-14-13(7-12)16-10-17(14)2/h3-4,7,10H,5-6,8-9H2,1-2H3. The predicted octanol–water partition coefficient (Wildman–Crippen LogP) is 2.21. The van der Waals surface area contributed by atoms with Crippen LogP contribution in [0.15, 0.2) is 24.5 Å². The molecule has 2 heterocycles. The van der Waals surface area contributed by atoms with Gasteiger partial charge in [0.05, 0.1) is 30.6 Å². The van der Waals surface area contributed by atoms with E-state index in [0.29, 0.717) is 19.6 Å². The molecule has 1 fully saturated rings. The van der Waals surface area contributed by atoms with Crippen LogP contribution < -0.4 is 0 Å². The zero-order valence-corrected chi connectivity index (χ0v) is 11.3. The van der Waals surface area contributed by atoms with Crippen LogP contribution >= 0.6 is 0 Å². The average molecular weight is 258 g/mol. The number of hydrogen-bond donors (Lipinski definition) is 0. The number of carbonyl (C=O) groups is 1. The topological polar surface area (TPSA) is 44.1 Å². The third-order valence-corrected chi connectivity index (χ3v) is 4.05. The van der Waals surface area contributed by atoms with Crippen LogP contribution in [0, 0.1) is 0 Å². The number of nitrogens with zero attached hydrogens (tertiary/aromatic N) is 2. The van der Waals surface area contributed by atoms with Crippen molar-refractivity contribution in [3.8, 4) is 0 Å². The van der Waals surface area contributed by atoms with Crippen LogP contribution in [0.4, 0.5) is 0 Å². The van der Waals surface area contributed by atoms with Crippen molar-refractivity contribution in [2.45, 2.75) is 25.2 Å². The van der Waals surface area contributed by atoms with E-state index in [9.17, 15) is 4.79 Å². The molecule has 0 unspecified atom stereocenters. The van der Waals surface area contributed by atoms with Gasteiger partial charge in [0, 0.05) is 18.9 Å².